The van der Waals surface area contributed by atoms with Crippen LogP contribution >= 0.6 is 11.3 Å². The van der Waals surface area contributed by atoms with E-state index < -0.39 is 0 Å². The van der Waals surface area contributed by atoms with Crippen LogP contribution < -0.4 is 11.1 Å². The molecule has 3 N–H and O–H groups in total. The maximum Gasteiger partial charge on any atom is 0.121 e. The van der Waals surface area contributed by atoms with Crippen LogP contribution in [0.15, 0.2) is 6.07 Å². The summed E-state index contributed by atoms with van der Waals surface area (Å²) in [6, 6.07) is 3.04. The average molecular weight is 264 g/mol. The lowest BCUT2D eigenvalue weighted by molar-refractivity contribution is 0.288. The van der Waals surface area contributed by atoms with Crippen molar-refractivity contribution >= 4 is 21.6 Å². The van der Waals surface area contributed by atoms with E-state index in [2.05, 4.69) is 30.3 Å². The van der Waals surface area contributed by atoms with Gasteiger partial charge in [0, 0.05) is 35.9 Å². The van der Waals surface area contributed by atoms with Crippen LogP contribution in [0.5, 0.6) is 0 Å². The van der Waals surface area contributed by atoms with Gasteiger partial charge in [0.05, 0.1) is 5.69 Å². The molecule has 0 bridgehead atoms. The molecule has 0 spiro atoms. The number of hydrogen-bond acceptors (Lipinski definition) is 4. The summed E-state index contributed by atoms with van der Waals surface area (Å²) in [6.07, 6.45) is 1.13. The van der Waals surface area contributed by atoms with Crippen LogP contribution in [0.2, 0.25) is 0 Å². The number of rotatable bonds is 1. The standard InChI is InChI=1S/C13H20N4S/c1-7-4-11(15-6-10(7)14)12-5-9-8(2)16-17(3)13(9)18-12/h5,7,10-11,15H,4,6,14H2,1-3H3. The average Bonchev–Trinajstić information content (AvgIpc) is 2.86. The van der Waals surface area contributed by atoms with Crippen molar-refractivity contribution in [2.75, 3.05) is 6.54 Å². The van der Waals surface area contributed by atoms with Crippen LogP contribution in [0.25, 0.3) is 10.2 Å². The molecule has 1 aliphatic heterocycles. The molecule has 0 radical (unpaired) electrons. The van der Waals surface area contributed by atoms with E-state index in [-0.39, 0.29) is 0 Å². The Labute approximate surface area is 111 Å². The van der Waals surface area contributed by atoms with E-state index in [9.17, 15) is 0 Å². The lowest BCUT2D eigenvalue weighted by atomic mass is 9.90. The number of thiophene rings is 1. The Bertz CT molecular complexity index is 536. The highest BCUT2D eigenvalue weighted by atomic mass is 32.1. The summed E-state index contributed by atoms with van der Waals surface area (Å²) in [5.41, 5.74) is 7.17. The van der Waals surface area contributed by atoms with Crippen molar-refractivity contribution in [3.05, 3.63) is 16.6 Å². The number of nitrogens with two attached hydrogens (primary N) is 1. The molecule has 0 aliphatic carbocycles. The van der Waals surface area contributed by atoms with Gasteiger partial charge < -0.3 is 11.1 Å². The third-order valence-corrected chi connectivity index (χ3v) is 5.31. The van der Waals surface area contributed by atoms with Gasteiger partial charge in [0.15, 0.2) is 0 Å². The number of aromatic nitrogens is 2. The number of piperidine rings is 1. The lowest BCUT2D eigenvalue weighted by Gasteiger charge is -2.32. The summed E-state index contributed by atoms with van der Waals surface area (Å²) in [6.45, 7) is 5.24. The molecule has 4 nitrogen and oxygen atoms in total. The molecule has 0 saturated carbocycles. The Hall–Kier alpha value is -0.910. The van der Waals surface area contributed by atoms with Gasteiger partial charge in [-0.25, -0.2) is 0 Å². The van der Waals surface area contributed by atoms with Gasteiger partial charge in [-0.1, -0.05) is 6.92 Å². The van der Waals surface area contributed by atoms with Gasteiger partial charge in [0.1, 0.15) is 4.83 Å². The summed E-state index contributed by atoms with van der Waals surface area (Å²) in [7, 11) is 2.02. The molecule has 0 aromatic carbocycles. The van der Waals surface area contributed by atoms with Crippen LogP contribution in [-0.2, 0) is 7.05 Å². The van der Waals surface area contributed by atoms with Crippen molar-refractivity contribution < 1.29 is 0 Å². The molecule has 1 fully saturated rings. The molecule has 1 saturated heterocycles. The van der Waals surface area contributed by atoms with Crippen LogP contribution in [0.4, 0.5) is 0 Å². The summed E-state index contributed by atoms with van der Waals surface area (Å²) in [4.78, 5) is 2.69. The first kappa shape index (κ1) is 12.1. The molecule has 3 atom stereocenters. The molecule has 98 valence electrons. The number of hydrogen-bond donors (Lipinski definition) is 2. The third-order valence-electron chi connectivity index (χ3n) is 4.00. The molecule has 3 unspecified atom stereocenters. The lowest BCUT2D eigenvalue weighted by Crippen LogP contribution is -2.46. The Morgan fingerprint density at radius 2 is 2.33 bits per heavy atom. The van der Waals surface area contributed by atoms with E-state index in [0.29, 0.717) is 18.0 Å². The smallest absolute Gasteiger partial charge is 0.121 e. The topological polar surface area (TPSA) is 55.9 Å². The summed E-state index contributed by atoms with van der Waals surface area (Å²) < 4.78 is 1.98. The van der Waals surface area contributed by atoms with Crippen molar-refractivity contribution in [3.63, 3.8) is 0 Å². The van der Waals surface area contributed by atoms with Gasteiger partial charge in [-0.3, -0.25) is 4.68 Å². The van der Waals surface area contributed by atoms with Crippen molar-refractivity contribution in [1.29, 1.82) is 0 Å². The van der Waals surface area contributed by atoms with Crippen molar-refractivity contribution in [3.8, 4) is 0 Å². The predicted octanol–water partition coefficient (Wildman–Crippen LogP) is 1.94. The Balaban J connectivity index is 1.93. The fourth-order valence-corrected chi connectivity index (χ4v) is 3.93. The summed E-state index contributed by atoms with van der Waals surface area (Å²) >= 11 is 1.85. The fraction of sp³-hybridized carbons (Fsp3) is 0.615. The molecule has 2 aromatic rings. The molecular weight excluding hydrogens is 244 g/mol. The van der Waals surface area contributed by atoms with E-state index in [0.717, 1.165) is 18.7 Å². The fourth-order valence-electron chi connectivity index (χ4n) is 2.72. The van der Waals surface area contributed by atoms with E-state index in [4.69, 9.17) is 5.73 Å². The molecule has 0 amide bonds. The van der Waals surface area contributed by atoms with Crippen LogP contribution in [0.3, 0.4) is 0 Å². The Morgan fingerprint density at radius 1 is 1.56 bits per heavy atom. The van der Waals surface area contributed by atoms with E-state index in [1.807, 2.05) is 23.1 Å². The Morgan fingerprint density at radius 3 is 3.00 bits per heavy atom. The number of nitrogens with zero attached hydrogens (tertiary/aromatic N) is 2. The number of fused-ring (bicyclic) bond motifs is 1. The van der Waals surface area contributed by atoms with Crippen molar-refractivity contribution in [2.45, 2.75) is 32.4 Å². The van der Waals surface area contributed by atoms with Gasteiger partial charge in [0.25, 0.3) is 0 Å². The number of nitrogens with one attached hydrogen (secondary N) is 1. The molecule has 2 aromatic heterocycles. The highest BCUT2D eigenvalue weighted by Gasteiger charge is 2.27. The van der Waals surface area contributed by atoms with Gasteiger partial charge >= 0.3 is 0 Å². The highest BCUT2D eigenvalue weighted by molar-refractivity contribution is 7.18. The quantitative estimate of drug-likeness (QED) is 0.827. The summed E-state index contributed by atoms with van der Waals surface area (Å²) in [5, 5.41) is 9.30. The Kier molecular flexibility index (Phi) is 2.92. The van der Waals surface area contributed by atoms with Gasteiger partial charge in [0.2, 0.25) is 0 Å². The first-order valence-corrected chi connectivity index (χ1v) is 7.30. The zero-order valence-corrected chi connectivity index (χ0v) is 11.9. The van der Waals surface area contributed by atoms with E-state index >= 15 is 0 Å². The van der Waals surface area contributed by atoms with E-state index in [1.54, 1.807) is 0 Å². The van der Waals surface area contributed by atoms with Crippen molar-refractivity contribution in [1.82, 2.24) is 15.1 Å². The first-order valence-electron chi connectivity index (χ1n) is 6.48. The minimum atomic E-state index is 0.291. The molecule has 1 aliphatic rings. The zero-order valence-electron chi connectivity index (χ0n) is 11.1. The second kappa shape index (κ2) is 4.33. The van der Waals surface area contributed by atoms with Crippen molar-refractivity contribution in [2.24, 2.45) is 18.7 Å². The van der Waals surface area contributed by atoms with Gasteiger partial charge in [-0.05, 0) is 25.3 Å². The second-order valence-corrected chi connectivity index (χ2v) is 6.48. The minimum Gasteiger partial charge on any atom is -0.326 e. The largest absolute Gasteiger partial charge is 0.326 e. The minimum absolute atomic E-state index is 0.291. The third kappa shape index (κ3) is 1.86. The zero-order chi connectivity index (χ0) is 12.9. The molecule has 18 heavy (non-hydrogen) atoms. The highest BCUT2D eigenvalue weighted by Crippen LogP contribution is 2.35. The molecule has 5 heteroatoms. The van der Waals surface area contributed by atoms with Crippen LogP contribution in [0.1, 0.15) is 30.0 Å². The molecule has 3 rings (SSSR count). The first-order chi connectivity index (χ1) is 8.56. The van der Waals surface area contributed by atoms with Crippen LogP contribution in [0, 0.1) is 12.8 Å². The monoisotopic (exact) mass is 264 g/mol. The molecular formula is C13H20N4S. The summed E-state index contributed by atoms with van der Waals surface area (Å²) in [5.74, 6) is 0.584. The van der Waals surface area contributed by atoms with Gasteiger partial charge in [-0.15, -0.1) is 11.3 Å². The second-order valence-electron chi connectivity index (χ2n) is 5.41. The predicted molar refractivity (Wildman–Crippen MR) is 75.8 cm³/mol. The number of aryl methyl sites for hydroxylation is 2. The maximum absolute atomic E-state index is 6.05. The van der Waals surface area contributed by atoms with E-state index in [1.165, 1.54) is 15.1 Å². The van der Waals surface area contributed by atoms with Gasteiger partial charge in [-0.2, -0.15) is 5.10 Å². The van der Waals surface area contributed by atoms with Crippen LogP contribution in [-0.4, -0.2) is 22.4 Å². The molecule has 3 heterocycles. The maximum atomic E-state index is 6.05. The SMILES string of the molecule is Cc1nn(C)c2sc(C3CC(C)C(N)CN3)cc12. The normalized spacial score (nSPS) is 29.0.